The quantitative estimate of drug-likeness (QED) is 0.125. The zero-order valence-corrected chi connectivity index (χ0v) is 33.9. The highest BCUT2D eigenvalue weighted by Crippen LogP contribution is 2.32. The van der Waals surface area contributed by atoms with Gasteiger partial charge < -0.3 is 72.7 Å². The maximum Gasteiger partial charge on any atom is 0.322 e. The Bertz CT molecular complexity index is 2010. The van der Waals surface area contributed by atoms with Gasteiger partial charge in [-0.25, -0.2) is 4.79 Å². The minimum Gasteiger partial charge on any atom is -0.508 e. The van der Waals surface area contributed by atoms with Gasteiger partial charge >= 0.3 is 6.03 Å². The summed E-state index contributed by atoms with van der Waals surface area (Å²) in [4.78, 5) is 113. The van der Waals surface area contributed by atoms with Crippen LogP contribution in [0.4, 0.5) is 4.79 Å². The van der Waals surface area contributed by atoms with E-state index in [9.17, 15) is 58.8 Å². The van der Waals surface area contributed by atoms with E-state index in [4.69, 9.17) is 10.5 Å². The van der Waals surface area contributed by atoms with Crippen molar-refractivity contribution in [1.82, 2.24) is 47.1 Å². The van der Waals surface area contributed by atoms with Crippen LogP contribution >= 0.6 is 0 Å². The summed E-state index contributed by atoms with van der Waals surface area (Å²) < 4.78 is 6.09. The van der Waals surface area contributed by atoms with E-state index in [1.807, 2.05) is 0 Å². The lowest BCUT2D eigenvalue weighted by Gasteiger charge is -2.33. The Morgan fingerprint density at radius 2 is 1.70 bits per heavy atom. The van der Waals surface area contributed by atoms with E-state index in [0.29, 0.717) is 11.8 Å². The summed E-state index contributed by atoms with van der Waals surface area (Å²) in [7, 11) is 0. The van der Waals surface area contributed by atoms with Crippen LogP contribution in [-0.4, -0.2) is 159 Å². The molecule has 0 aliphatic carbocycles. The van der Waals surface area contributed by atoms with Gasteiger partial charge in [0.1, 0.15) is 36.5 Å². The van der Waals surface area contributed by atoms with Crippen molar-refractivity contribution in [3.8, 4) is 11.6 Å². The van der Waals surface area contributed by atoms with E-state index in [0.717, 1.165) is 0 Å². The molecule has 9 amide bonds. The van der Waals surface area contributed by atoms with Crippen LogP contribution < -0.4 is 47.7 Å². The molecule has 0 saturated carbocycles. The Labute approximate surface area is 349 Å². The first-order chi connectivity index (χ1) is 28.9. The second-order valence-corrected chi connectivity index (χ2v) is 15.7. The van der Waals surface area contributed by atoms with E-state index in [1.165, 1.54) is 30.0 Å². The van der Waals surface area contributed by atoms with Crippen molar-refractivity contribution < 1.29 is 63.5 Å². The third kappa shape index (κ3) is 11.2. The average Bonchev–Trinajstić information content (AvgIpc) is 3.76. The average molecular weight is 859 g/mol. The third-order valence-corrected chi connectivity index (χ3v) is 11.3. The summed E-state index contributed by atoms with van der Waals surface area (Å²) in [5, 5.41) is 59.5. The molecule has 1 aromatic carbocycles. The SMILES string of the molecule is CCC(C)C1NC(=O)NC(=O)C2Cc3c([nH]c4cc(O)ccc34)OCC(NC(=O)CNC1=O)C(=O)NC(CC(N)=O)C(=O)N1CC(O)CC1CNC(C(C)C(O)CO)C(=O)N2. The number of H-pyrrole nitrogens is 1. The van der Waals surface area contributed by atoms with Crippen molar-refractivity contribution in [3.05, 3.63) is 23.8 Å². The highest BCUT2D eigenvalue weighted by molar-refractivity contribution is 6.01. The fraction of sp³-hybridized carbons (Fsp3) is 0.579. The number of aliphatic hydroxyl groups excluding tert-OH is 3. The van der Waals surface area contributed by atoms with Gasteiger partial charge in [0.05, 0.1) is 43.3 Å². The van der Waals surface area contributed by atoms with Crippen LogP contribution in [0.3, 0.4) is 0 Å². The van der Waals surface area contributed by atoms with Gasteiger partial charge in [0.25, 0.3) is 5.91 Å². The number of rotatable bonds is 7. The zero-order valence-electron chi connectivity index (χ0n) is 33.9. The minimum absolute atomic E-state index is 0.0316. The molecule has 3 aliphatic heterocycles. The van der Waals surface area contributed by atoms with Crippen LogP contribution in [0.1, 0.15) is 45.6 Å². The number of fused-ring (bicyclic) bond motifs is 5. The van der Waals surface area contributed by atoms with Gasteiger partial charge in [0.2, 0.25) is 35.4 Å². The molecular formula is C38H54N10O13. The lowest BCUT2D eigenvalue weighted by molar-refractivity contribution is -0.140. The number of ether oxygens (including phenoxy) is 1. The molecule has 10 unspecified atom stereocenters. The summed E-state index contributed by atoms with van der Waals surface area (Å²) >= 11 is 0. The smallest absolute Gasteiger partial charge is 0.322 e. The topological polar surface area (TPSA) is 356 Å². The Morgan fingerprint density at radius 3 is 2.39 bits per heavy atom. The van der Waals surface area contributed by atoms with E-state index >= 15 is 0 Å². The van der Waals surface area contributed by atoms with Gasteiger partial charge in [-0.05, 0) is 24.5 Å². The number of aromatic amines is 1. The normalized spacial score (nSPS) is 27.9. The van der Waals surface area contributed by atoms with E-state index in [-0.39, 0.29) is 42.2 Å². The number of nitrogens with one attached hydrogen (secondary N) is 8. The van der Waals surface area contributed by atoms with Crippen LogP contribution in [0.15, 0.2) is 18.2 Å². The van der Waals surface area contributed by atoms with Gasteiger partial charge in [-0.1, -0.05) is 27.2 Å². The van der Waals surface area contributed by atoms with Crippen molar-refractivity contribution in [2.24, 2.45) is 17.6 Å². The Hall–Kier alpha value is -6.04. The summed E-state index contributed by atoms with van der Waals surface area (Å²) in [5.74, 6) is -8.42. The third-order valence-electron chi connectivity index (χ3n) is 11.3. The van der Waals surface area contributed by atoms with Gasteiger partial charge in [0.15, 0.2) is 5.88 Å². The second kappa shape index (κ2) is 20.0. The number of nitrogens with two attached hydrogens (primary N) is 1. The summed E-state index contributed by atoms with van der Waals surface area (Å²) in [5.41, 5.74) is 5.97. The highest BCUT2D eigenvalue weighted by atomic mass is 16.5. The standard InChI is InChI=1S/C38H54N10O13/c1-4-16(2)30-34(57)41-12-29(54)42-26-15-61-36-22(21-6-5-19(50)8-23(21)45-36)9-24(32(55)47-38(60)46-30)43-35(58)31(17(3)27(52)14-49)40-11-18-7-20(51)13-48(18)37(59)25(10-28(39)53)44-33(26)56/h5-6,8,16-18,20,24-27,30-31,40,45,49-52H,4,7,9-15H2,1-3H3,(H2,39,53)(H,41,57)(H,42,54)(H,43,58)(H,44,56)(H2,46,47,55,60). The number of urea groups is 1. The molecule has 0 radical (unpaired) electrons. The lowest BCUT2D eigenvalue weighted by Crippen LogP contribution is -2.60. The molecule has 14 N–H and O–H groups in total. The van der Waals surface area contributed by atoms with Crippen LogP contribution in [0, 0.1) is 11.8 Å². The van der Waals surface area contributed by atoms with Crippen LogP contribution in [-0.2, 0) is 40.0 Å². The first kappa shape index (κ1) is 46.0. The molecule has 1 saturated heterocycles. The van der Waals surface area contributed by atoms with Crippen molar-refractivity contribution in [1.29, 1.82) is 0 Å². The molecule has 5 rings (SSSR count). The van der Waals surface area contributed by atoms with Crippen molar-refractivity contribution >= 4 is 58.3 Å². The maximum absolute atomic E-state index is 14.4. The van der Waals surface area contributed by atoms with Gasteiger partial charge in [-0.2, -0.15) is 0 Å². The molecule has 10 atom stereocenters. The molecule has 1 aromatic heterocycles. The molecule has 23 nitrogen and oxygen atoms in total. The number of primary amides is 1. The maximum atomic E-state index is 14.4. The number of aromatic hydroxyl groups is 1. The predicted octanol–water partition coefficient (Wildman–Crippen LogP) is -4.58. The number of aliphatic hydroxyl groups is 3. The molecular weight excluding hydrogens is 804 g/mol. The molecule has 4 heterocycles. The fourth-order valence-corrected chi connectivity index (χ4v) is 7.57. The number of aromatic nitrogens is 1. The minimum atomic E-state index is -1.64. The van der Waals surface area contributed by atoms with Crippen molar-refractivity contribution in [3.63, 3.8) is 0 Å². The van der Waals surface area contributed by atoms with Gasteiger partial charge in [-0.3, -0.25) is 38.9 Å². The number of phenolic OH excluding ortho intramolecular Hbond substituents is 1. The molecule has 3 aliphatic rings. The number of benzene rings is 1. The molecule has 2 bridgehead atoms. The molecule has 61 heavy (non-hydrogen) atoms. The largest absolute Gasteiger partial charge is 0.508 e. The lowest BCUT2D eigenvalue weighted by atomic mass is 9.94. The summed E-state index contributed by atoms with van der Waals surface area (Å²) in [6.45, 7) is 2.18. The number of hydrogen-bond acceptors (Lipinski definition) is 14. The number of carbonyl (C=O) groups excluding carboxylic acids is 8. The van der Waals surface area contributed by atoms with Crippen LogP contribution in [0.5, 0.6) is 11.6 Å². The first-order valence-electron chi connectivity index (χ1n) is 19.9. The Morgan fingerprint density at radius 1 is 0.967 bits per heavy atom. The van der Waals surface area contributed by atoms with E-state index in [2.05, 4.69) is 42.2 Å². The van der Waals surface area contributed by atoms with Crippen LogP contribution in [0.2, 0.25) is 0 Å². The fourth-order valence-electron chi connectivity index (χ4n) is 7.57. The number of hydrogen-bond donors (Lipinski definition) is 13. The van der Waals surface area contributed by atoms with E-state index < -0.39 is 140 Å². The second-order valence-electron chi connectivity index (χ2n) is 15.7. The van der Waals surface area contributed by atoms with Crippen molar-refractivity contribution in [2.45, 2.75) is 94.9 Å². The van der Waals surface area contributed by atoms with Gasteiger partial charge in [-0.15, -0.1) is 0 Å². The monoisotopic (exact) mass is 858 g/mol. The number of amides is 9. The Kier molecular flexibility index (Phi) is 15.1. The summed E-state index contributed by atoms with van der Waals surface area (Å²) in [6.07, 6.45) is -3.36. The zero-order chi connectivity index (χ0) is 44.7. The number of nitrogens with zero attached hydrogens (tertiary/aromatic N) is 1. The number of phenols is 1. The summed E-state index contributed by atoms with van der Waals surface area (Å²) in [6, 6.07) is -5.42. The number of imide groups is 1. The van der Waals surface area contributed by atoms with Gasteiger partial charge in [0, 0.05) is 48.5 Å². The van der Waals surface area contributed by atoms with Crippen molar-refractivity contribution in [2.75, 3.05) is 32.8 Å². The molecule has 334 valence electrons. The highest BCUT2D eigenvalue weighted by Gasteiger charge is 2.41. The molecule has 23 heteroatoms. The first-order valence-corrected chi connectivity index (χ1v) is 19.9. The molecule has 2 aromatic rings. The molecule has 1 fully saturated rings. The number of carbonyl (C=O) groups is 8. The predicted molar refractivity (Wildman–Crippen MR) is 212 cm³/mol. The molecule has 0 spiro atoms. The Balaban J connectivity index is 1.69. The van der Waals surface area contributed by atoms with Crippen LogP contribution in [0.25, 0.3) is 10.9 Å². The van der Waals surface area contributed by atoms with E-state index in [1.54, 1.807) is 13.8 Å².